The number of nitrogens with one attached hydrogen (secondary N) is 1. The molecule has 2 heterocycles. The van der Waals surface area contributed by atoms with E-state index in [2.05, 4.69) is 28.4 Å². The lowest BCUT2D eigenvalue weighted by Crippen LogP contribution is -2.46. The molecule has 106 valence electrons. The van der Waals surface area contributed by atoms with Crippen molar-refractivity contribution in [1.82, 2.24) is 14.7 Å². The summed E-state index contributed by atoms with van der Waals surface area (Å²) in [6, 6.07) is 1.15. The van der Waals surface area contributed by atoms with E-state index < -0.39 is 0 Å². The standard InChI is InChI=1S/C14H24N4S/c1-10(2)15-9-12-5-3-4-8-18(12)14-16-13(17-19-14)11-6-7-11/h10-12,15H,3-9H2,1-2H3. The molecule has 1 N–H and O–H groups in total. The molecule has 5 heteroatoms. The highest BCUT2D eigenvalue weighted by Crippen LogP contribution is 2.40. The molecule has 1 saturated heterocycles. The van der Waals surface area contributed by atoms with Gasteiger partial charge in [-0.15, -0.1) is 0 Å². The average Bonchev–Trinajstić information content (AvgIpc) is 3.15. The van der Waals surface area contributed by atoms with E-state index in [0.29, 0.717) is 18.0 Å². The van der Waals surface area contributed by atoms with Gasteiger partial charge in [-0.05, 0) is 32.1 Å². The minimum absolute atomic E-state index is 0.556. The minimum atomic E-state index is 0.556. The first-order valence-corrected chi connectivity index (χ1v) is 8.35. The van der Waals surface area contributed by atoms with Crippen LogP contribution in [-0.4, -0.2) is 34.5 Å². The van der Waals surface area contributed by atoms with Crippen LogP contribution in [0.25, 0.3) is 0 Å². The van der Waals surface area contributed by atoms with Crippen molar-refractivity contribution in [1.29, 1.82) is 0 Å². The summed E-state index contributed by atoms with van der Waals surface area (Å²) in [5.74, 6) is 1.77. The molecule has 0 amide bonds. The molecular formula is C14H24N4S. The minimum Gasteiger partial charge on any atom is -0.343 e. The van der Waals surface area contributed by atoms with Crippen molar-refractivity contribution >= 4 is 16.7 Å². The molecule has 0 radical (unpaired) electrons. The Morgan fingerprint density at radius 1 is 1.32 bits per heavy atom. The van der Waals surface area contributed by atoms with E-state index in [1.807, 2.05) is 0 Å². The third-order valence-corrected chi connectivity index (χ3v) is 4.78. The second-order valence-electron chi connectivity index (χ2n) is 6.12. The van der Waals surface area contributed by atoms with Crippen molar-refractivity contribution in [2.45, 2.75) is 64.0 Å². The predicted molar refractivity (Wildman–Crippen MR) is 80.0 cm³/mol. The van der Waals surface area contributed by atoms with Gasteiger partial charge in [-0.2, -0.15) is 4.37 Å². The summed E-state index contributed by atoms with van der Waals surface area (Å²) in [5.41, 5.74) is 0. The van der Waals surface area contributed by atoms with Crippen LogP contribution in [0.3, 0.4) is 0 Å². The van der Waals surface area contributed by atoms with Gasteiger partial charge in [0.25, 0.3) is 0 Å². The maximum Gasteiger partial charge on any atom is 0.205 e. The van der Waals surface area contributed by atoms with Gasteiger partial charge in [0, 0.05) is 42.6 Å². The van der Waals surface area contributed by atoms with E-state index in [9.17, 15) is 0 Å². The number of nitrogens with zero attached hydrogens (tertiary/aromatic N) is 3. The SMILES string of the molecule is CC(C)NCC1CCCCN1c1nc(C2CC2)ns1. The van der Waals surface area contributed by atoms with Crippen LogP contribution >= 0.6 is 11.5 Å². The number of aromatic nitrogens is 2. The zero-order valence-electron chi connectivity index (χ0n) is 11.9. The zero-order valence-corrected chi connectivity index (χ0v) is 12.7. The Morgan fingerprint density at radius 2 is 2.16 bits per heavy atom. The second-order valence-corrected chi connectivity index (χ2v) is 6.85. The van der Waals surface area contributed by atoms with Gasteiger partial charge in [0.05, 0.1) is 0 Å². The van der Waals surface area contributed by atoms with Crippen molar-refractivity contribution < 1.29 is 0 Å². The highest BCUT2D eigenvalue weighted by atomic mass is 32.1. The topological polar surface area (TPSA) is 41.0 Å². The molecule has 3 rings (SSSR count). The molecule has 1 unspecified atom stereocenters. The first-order chi connectivity index (χ1) is 9.24. The van der Waals surface area contributed by atoms with Crippen LogP contribution in [0, 0.1) is 0 Å². The Hall–Kier alpha value is -0.680. The molecule has 2 aliphatic rings. The molecule has 1 atom stereocenters. The summed E-state index contributed by atoms with van der Waals surface area (Å²) in [4.78, 5) is 7.27. The first kappa shape index (κ1) is 13.3. The third kappa shape index (κ3) is 3.26. The van der Waals surface area contributed by atoms with Crippen LogP contribution < -0.4 is 10.2 Å². The Kier molecular flexibility index (Phi) is 4.03. The lowest BCUT2D eigenvalue weighted by atomic mass is 10.0. The van der Waals surface area contributed by atoms with Gasteiger partial charge in [-0.1, -0.05) is 13.8 Å². The molecule has 1 aliphatic carbocycles. The number of anilines is 1. The number of piperidine rings is 1. The summed E-state index contributed by atoms with van der Waals surface area (Å²) >= 11 is 1.60. The summed E-state index contributed by atoms with van der Waals surface area (Å²) in [6.45, 7) is 6.63. The Morgan fingerprint density at radius 3 is 2.89 bits per heavy atom. The van der Waals surface area contributed by atoms with Crippen LogP contribution in [0.5, 0.6) is 0 Å². The molecule has 0 bridgehead atoms. The summed E-state index contributed by atoms with van der Waals surface area (Å²) in [6.07, 6.45) is 6.48. The van der Waals surface area contributed by atoms with Crippen molar-refractivity contribution in [2.75, 3.05) is 18.0 Å². The number of rotatable bonds is 5. The number of hydrogen-bond acceptors (Lipinski definition) is 5. The maximum atomic E-state index is 4.78. The molecule has 1 aliphatic heterocycles. The largest absolute Gasteiger partial charge is 0.343 e. The van der Waals surface area contributed by atoms with E-state index in [4.69, 9.17) is 4.98 Å². The normalized spacial score (nSPS) is 24.2. The van der Waals surface area contributed by atoms with E-state index in [-0.39, 0.29) is 0 Å². The third-order valence-electron chi connectivity index (χ3n) is 4.01. The fraction of sp³-hybridized carbons (Fsp3) is 0.857. The van der Waals surface area contributed by atoms with E-state index in [1.54, 1.807) is 11.5 Å². The molecule has 19 heavy (non-hydrogen) atoms. The van der Waals surface area contributed by atoms with Gasteiger partial charge in [0.1, 0.15) is 5.82 Å². The fourth-order valence-electron chi connectivity index (χ4n) is 2.69. The smallest absolute Gasteiger partial charge is 0.205 e. The van der Waals surface area contributed by atoms with Crippen molar-refractivity contribution in [3.05, 3.63) is 5.82 Å². The molecule has 0 spiro atoms. The van der Waals surface area contributed by atoms with Gasteiger partial charge in [0.2, 0.25) is 5.13 Å². The first-order valence-electron chi connectivity index (χ1n) is 7.57. The van der Waals surface area contributed by atoms with Gasteiger partial charge in [-0.25, -0.2) is 4.98 Å². The zero-order chi connectivity index (χ0) is 13.2. The quantitative estimate of drug-likeness (QED) is 0.900. The van der Waals surface area contributed by atoms with Crippen molar-refractivity contribution in [3.8, 4) is 0 Å². The summed E-state index contributed by atoms with van der Waals surface area (Å²) in [7, 11) is 0. The molecular weight excluding hydrogens is 256 g/mol. The second kappa shape index (κ2) is 5.75. The van der Waals surface area contributed by atoms with Crippen molar-refractivity contribution in [2.24, 2.45) is 0 Å². The van der Waals surface area contributed by atoms with Crippen molar-refractivity contribution in [3.63, 3.8) is 0 Å². The fourth-order valence-corrected chi connectivity index (χ4v) is 3.53. The molecule has 1 aromatic rings. The van der Waals surface area contributed by atoms with Gasteiger partial charge in [0.15, 0.2) is 0 Å². The molecule has 2 fully saturated rings. The lowest BCUT2D eigenvalue weighted by Gasteiger charge is -2.35. The number of hydrogen-bond donors (Lipinski definition) is 1. The van der Waals surface area contributed by atoms with Gasteiger partial charge in [-0.3, -0.25) is 0 Å². The Bertz CT molecular complexity index is 413. The summed E-state index contributed by atoms with van der Waals surface area (Å²) in [5, 5.41) is 4.72. The van der Waals surface area contributed by atoms with Crippen LogP contribution in [0.2, 0.25) is 0 Å². The predicted octanol–water partition coefficient (Wildman–Crippen LogP) is 2.77. The molecule has 1 aromatic heterocycles. The Labute approximate surface area is 119 Å². The monoisotopic (exact) mass is 280 g/mol. The molecule has 0 aromatic carbocycles. The average molecular weight is 280 g/mol. The maximum absolute atomic E-state index is 4.78. The summed E-state index contributed by atoms with van der Waals surface area (Å²) < 4.78 is 4.55. The van der Waals surface area contributed by atoms with E-state index in [1.165, 1.54) is 32.1 Å². The van der Waals surface area contributed by atoms with Crippen LogP contribution in [0.4, 0.5) is 5.13 Å². The van der Waals surface area contributed by atoms with Crippen LogP contribution in [0.1, 0.15) is 57.7 Å². The lowest BCUT2D eigenvalue weighted by molar-refractivity contribution is 0.420. The van der Waals surface area contributed by atoms with E-state index >= 15 is 0 Å². The molecule has 1 saturated carbocycles. The van der Waals surface area contributed by atoms with Gasteiger partial charge < -0.3 is 10.2 Å². The highest BCUT2D eigenvalue weighted by Gasteiger charge is 2.30. The van der Waals surface area contributed by atoms with E-state index in [0.717, 1.165) is 24.0 Å². The van der Waals surface area contributed by atoms with Crippen LogP contribution in [-0.2, 0) is 0 Å². The highest BCUT2D eigenvalue weighted by molar-refractivity contribution is 7.09. The van der Waals surface area contributed by atoms with Gasteiger partial charge >= 0.3 is 0 Å². The van der Waals surface area contributed by atoms with Crippen LogP contribution in [0.15, 0.2) is 0 Å². The molecule has 4 nitrogen and oxygen atoms in total. The Balaban J connectivity index is 1.67.